The fraction of sp³-hybridized carbons (Fsp3) is 0.364. The minimum absolute atomic E-state index is 0.142. The molecule has 1 rings (SSSR count). The fourth-order valence-electron chi connectivity index (χ4n) is 1.06. The molecule has 0 saturated heterocycles. The van der Waals surface area contributed by atoms with Crippen molar-refractivity contribution in [1.82, 2.24) is 5.32 Å². The summed E-state index contributed by atoms with van der Waals surface area (Å²) in [6, 6.07) is 8.37. The molecule has 3 heteroatoms. The maximum Gasteiger partial charge on any atom is 0.319 e. The molecule has 0 aliphatic rings. The van der Waals surface area contributed by atoms with E-state index in [1.165, 1.54) is 0 Å². The number of hydrogen-bond acceptors (Lipinski definition) is 1. The molecule has 0 saturated carbocycles. The monoisotopic (exact) mass is 191 g/mol. The van der Waals surface area contributed by atoms with Crippen LogP contribution in [0.15, 0.2) is 18.2 Å². The van der Waals surface area contributed by atoms with Gasteiger partial charge in [-0.25, -0.2) is 4.79 Å². The summed E-state index contributed by atoms with van der Waals surface area (Å²) in [5.41, 5.74) is 1.83. The molecule has 0 aliphatic heterocycles. The Kier molecular flexibility index (Phi) is 3.51. The highest BCUT2D eigenvalue weighted by Gasteiger charge is 2.04. The van der Waals surface area contributed by atoms with Crippen LogP contribution in [-0.2, 0) is 0 Å². The maximum absolute atomic E-state index is 11.3. The van der Waals surface area contributed by atoms with E-state index in [0.29, 0.717) is 0 Å². The summed E-state index contributed by atoms with van der Waals surface area (Å²) in [6.45, 7) is 5.78. The first kappa shape index (κ1) is 10.6. The Bertz CT molecular complexity index is 321. The van der Waals surface area contributed by atoms with Crippen molar-refractivity contribution in [2.75, 3.05) is 5.32 Å². The third-order valence-electron chi connectivity index (χ3n) is 1.75. The van der Waals surface area contributed by atoms with Crippen LogP contribution in [-0.4, -0.2) is 12.1 Å². The Morgan fingerprint density at radius 2 is 2.21 bits per heavy atom. The molecule has 0 unspecified atom stereocenters. The smallest absolute Gasteiger partial charge is 0.319 e. The van der Waals surface area contributed by atoms with E-state index in [1.807, 2.05) is 32.9 Å². The SMILES string of the molecule is Cc1cc[c]cc1NC(=O)NC(C)C. The Balaban J connectivity index is 2.61. The molecular weight excluding hydrogens is 176 g/mol. The van der Waals surface area contributed by atoms with Crippen LogP contribution in [0.4, 0.5) is 10.5 Å². The van der Waals surface area contributed by atoms with Crippen LogP contribution in [0.5, 0.6) is 0 Å². The van der Waals surface area contributed by atoms with Gasteiger partial charge in [-0.2, -0.15) is 0 Å². The van der Waals surface area contributed by atoms with Gasteiger partial charge in [-0.05, 0) is 38.5 Å². The van der Waals surface area contributed by atoms with E-state index in [1.54, 1.807) is 6.07 Å². The molecule has 3 nitrogen and oxygen atoms in total. The summed E-state index contributed by atoms with van der Waals surface area (Å²) >= 11 is 0. The topological polar surface area (TPSA) is 41.1 Å². The quantitative estimate of drug-likeness (QED) is 0.740. The molecule has 1 radical (unpaired) electrons. The molecule has 2 amide bonds. The highest BCUT2D eigenvalue weighted by molar-refractivity contribution is 5.90. The normalized spacial score (nSPS) is 10.0. The molecule has 0 heterocycles. The van der Waals surface area contributed by atoms with Crippen molar-refractivity contribution in [2.45, 2.75) is 26.8 Å². The van der Waals surface area contributed by atoms with E-state index in [2.05, 4.69) is 16.7 Å². The lowest BCUT2D eigenvalue weighted by atomic mass is 10.2. The van der Waals surface area contributed by atoms with Crippen molar-refractivity contribution >= 4 is 11.7 Å². The number of amides is 2. The van der Waals surface area contributed by atoms with Crippen LogP contribution < -0.4 is 10.6 Å². The zero-order valence-electron chi connectivity index (χ0n) is 8.72. The van der Waals surface area contributed by atoms with Gasteiger partial charge in [0.15, 0.2) is 0 Å². The summed E-state index contributed by atoms with van der Waals surface area (Å²) in [5, 5.41) is 5.51. The van der Waals surface area contributed by atoms with Gasteiger partial charge in [0.1, 0.15) is 0 Å². The van der Waals surface area contributed by atoms with E-state index >= 15 is 0 Å². The number of urea groups is 1. The average Bonchev–Trinajstić information content (AvgIpc) is 2.07. The summed E-state index contributed by atoms with van der Waals surface area (Å²) in [6.07, 6.45) is 0. The van der Waals surface area contributed by atoms with Gasteiger partial charge in [-0.1, -0.05) is 12.1 Å². The van der Waals surface area contributed by atoms with Crippen molar-refractivity contribution in [3.63, 3.8) is 0 Å². The van der Waals surface area contributed by atoms with Crippen LogP contribution in [0.2, 0.25) is 0 Å². The minimum atomic E-state index is -0.178. The molecule has 75 valence electrons. The van der Waals surface area contributed by atoms with Crippen LogP contribution in [0, 0.1) is 13.0 Å². The largest absolute Gasteiger partial charge is 0.336 e. The second-order valence-electron chi connectivity index (χ2n) is 3.49. The minimum Gasteiger partial charge on any atom is -0.336 e. The maximum atomic E-state index is 11.3. The molecule has 0 bridgehead atoms. The summed E-state index contributed by atoms with van der Waals surface area (Å²) in [4.78, 5) is 11.3. The van der Waals surface area contributed by atoms with Gasteiger partial charge >= 0.3 is 6.03 Å². The zero-order valence-corrected chi connectivity index (χ0v) is 8.72. The molecule has 1 aromatic rings. The third kappa shape index (κ3) is 3.09. The number of carbonyl (C=O) groups excluding carboxylic acids is 1. The predicted molar refractivity (Wildman–Crippen MR) is 57.3 cm³/mol. The van der Waals surface area contributed by atoms with E-state index in [9.17, 15) is 4.79 Å². The van der Waals surface area contributed by atoms with Crippen molar-refractivity contribution < 1.29 is 4.79 Å². The Morgan fingerprint density at radius 1 is 1.50 bits per heavy atom. The lowest BCUT2D eigenvalue weighted by molar-refractivity contribution is 0.250. The number of carbonyl (C=O) groups is 1. The van der Waals surface area contributed by atoms with Crippen molar-refractivity contribution in [3.8, 4) is 0 Å². The van der Waals surface area contributed by atoms with Gasteiger partial charge in [0.25, 0.3) is 0 Å². The predicted octanol–water partition coefficient (Wildman–Crippen LogP) is 2.33. The van der Waals surface area contributed by atoms with E-state index in [0.717, 1.165) is 11.3 Å². The summed E-state index contributed by atoms with van der Waals surface area (Å²) in [7, 11) is 0. The van der Waals surface area contributed by atoms with Crippen molar-refractivity contribution in [1.29, 1.82) is 0 Å². The number of nitrogens with one attached hydrogen (secondary N) is 2. The number of rotatable bonds is 2. The fourth-order valence-corrected chi connectivity index (χ4v) is 1.06. The molecule has 0 aromatic heterocycles. The molecule has 14 heavy (non-hydrogen) atoms. The van der Waals surface area contributed by atoms with Gasteiger partial charge in [0, 0.05) is 11.7 Å². The average molecular weight is 191 g/mol. The van der Waals surface area contributed by atoms with Crippen molar-refractivity contribution in [3.05, 3.63) is 29.8 Å². The highest BCUT2D eigenvalue weighted by atomic mass is 16.2. The molecule has 0 fully saturated rings. The van der Waals surface area contributed by atoms with Gasteiger partial charge < -0.3 is 10.6 Å². The first-order chi connectivity index (χ1) is 6.59. The standard InChI is InChI=1S/C11H15N2O/c1-8(2)12-11(14)13-10-7-5-4-6-9(10)3/h4,6-8H,1-3H3,(H2,12,13,14). The zero-order chi connectivity index (χ0) is 10.6. The lowest BCUT2D eigenvalue weighted by Crippen LogP contribution is -2.34. The van der Waals surface area contributed by atoms with E-state index in [4.69, 9.17) is 0 Å². The number of hydrogen-bond donors (Lipinski definition) is 2. The Hall–Kier alpha value is -1.51. The first-order valence-corrected chi connectivity index (χ1v) is 4.64. The summed E-state index contributed by atoms with van der Waals surface area (Å²) in [5.74, 6) is 0. The summed E-state index contributed by atoms with van der Waals surface area (Å²) < 4.78 is 0. The van der Waals surface area contributed by atoms with Crippen LogP contribution >= 0.6 is 0 Å². The second kappa shape index (κ2) is 4.65. The van der Waals surface area contributed by atoms with Gasteiger partial charge in [-0.3, -0.25) is 0 Å². The molecule has 1 aromatic carbocycles. The molecule has 0 atom stereocenters. The van der Waals surface area contributed by atoms with Crippen molar-refractivity contribution in [2.24, 2.45) is 0 Å². The van der Waals surface area contributed by atoms with E-state index < -0.39 is 0 Å². The number of anilines is 1. The number of aryl methyl sites for hydroxylation is 1. The highest BCUT2D eigenvalue weighted by Crippen LogP contribution is 2.12. The van der Waals surface area contributed by atoms with Gasteiger partial charge in [-0.15, -0.1) is 0 Å². The molecule has 0 aliphatic carbocycles. The number of benzene rings is 1. The molecule has 0 spiro atoms. The van der Waals surface area contributed by atoms with Crippen LogP contribution in [0.1, 0.15) is 19.4 Å². The first-order valence-electron chi connectivity index (χ1n) is 4.64. The van der Waals surface area contributed by atoms with Gasteiger partial charge in [0.2, 0.25) is 0 Å². The Morgan fingerprint density at radius 3 is 2.79 bits per heavy atom. The lowest BCUT2D eigenvalue weighted by Gasteiger charge is -2.11. The van der Waals surface area contributed by atoms with Gasteiger partial charge in [0.05, 0.1) is 0 Å². The van der Waals surface area contributed by atoms with Crippen LogP contribution in [0.3, 0.4) is 0 Å². The van der Waals surface area contributed by atoms with Crippen LogP contribution in [0.25, 0.3) is 0 Å². The second-order valence-corrected chi connectivity index (χ2v) is 3.49. The molecular formula is C11H15N2O. The molecule has 2 N–H and O–H groups in total. The third-order valence-corrected chi connectivity index (χ3v) is 1.75. The Labute approximate surface area is 84.5 Å². The van der Waals surface area contributed by atoms with E-state index in [-0.39, 0.29) is 12.1 Å².